The van der Waals surface area contributed by atoms with Crippen LogP contribution in [0.25, 0.3) is 0 Å². The van der Waals surface area contributed by atoms with E-state index in [1.54, 1.807) is 0 Å². The number of likely N-dealkylation sites (tertiary alicyclic amines) is 1. The van der Waals surface area contributed by atoms with Gasteiger partial charge in [-0.05, 0) is 64.4 Å². The molecule has 2 rings (SSSR count). The van der Waals surface area contributed by atoms with Crippen LogP contribution in [0.4, 0.5) is 0 Å². The average molecular weight is 247 g/mol. The van der Waals surface area contributed by atoms with E-state index in [9.17, 15) is 0 Å². The molecule has 1 aromatic heterocycles. The summed E-state index contributed by atoms with van der Waals surface area (Å²) in [6, 6.07) is 4.82. The van der Waals surface area contributed by atoms with E-state index >= 15 is 0 Å². The first-order valence-electron chi connectivity index (χ1n) is 7.03. The van der Waals surface area contributed by atoms with Gasteiger partial charge < -0.3 is 10.2 Å². The molecule has 1 fully saturated rings. The van der Waals surface area contributed by atoms with Crippen LogP contribution >= 0.6 is 0 Å². The molecule has 2 heterocycles. The Bertz CT molecular complexity index is 363. The molecule has 1 saturated heterocycles. The topological polar surface area (TPSA) is 28.2 Å². The maximum atomic E-state index is 4.56. The van der Waals surface area contributed by atoms with Gasteiger partial charge in [-0.3, -0.25) is 4.98 Å². The fourth-order valence-electron chi connectivity index (χ4n) is 2.71. The van der Waals surface area contributed by atoms with Gasteiger partial charge in [0.2, 0.25) is 0 Å². The summed E-state index contributed by atoms with van der Waals surface area (Å²) >= 11 is 0. The predicted octanol–water partition coefficient (Wildman–Crippen LogP) is 2.27. The summed E-state index contributed by atoms with van der Waals surface area (Å²) in [7, 11) is 0. The molecule has 1 aromatic rings. The van der Waals surface area contributed by atoms with Crippen molar-refractivity contribution >= 4 is 0 Å². The van der Waals surface area contributed by atoms with Crippen molar-refractivity contribution in [3.8, 4) is 0 Å². The van der Waals surface area contributed by atoms with E-state index in [1.807, 2.05) is 0 Å². The summed E-state index contributed by atoms with van der Waals surface area (Å²) in [5, 5.41) is 3.58. The molecule has 100 valence electrons. The summed E-state index contributed by atoms with van der Waals surface area (Å²) < 4.78 is 0. The first kappa shape index (κ1) is 13.5. The standard InChI is InChI=1S/C15H25N3/c1-12-8-13(2)17-15(9-12)10-16-14(3)11-18-6-4-5-7-18/h8-9,14,16H,4-7,10-11H2,1-3H3. The zero-order valence-electron chi connectivity index (χ0n) is 11.9. The van der Waals surface area contributed by atoms with Gasteiger partial charge in [-0.15, -0.1) is 0 Å². The molecular formula is C15H25N3. The van der Waals surface area contributed by atoms with Crippen molar-refractivity contribution in [3.63, 3.8) is 0 Å². The van der Waals surface area contributed by atoms with Crippen molar-refractivity contribution in [2.45, 2.75) is 46.2 Å². The van der Waals surface area contributed by atoms with Crippen LogP contribution in [-0.2, 0) is 6.54 Å². The van der Waals surface area contributed by atoms with E-state index in [0.717, 1.165) is 24.5 Å². The van der Waals surface area contributed by atoms with Crippen LogP contribution in [0.3, 0.4) is 0 Å². The van der Waals surface area contributed by atoms with Crippen molar-refractivity contribution in [3.05, 3.63) is 29.1 Å². The highest BCUT2D eigenvalue weighted by Crippen LogP contribution is 2.08. The first-order valence-corrected chi connectivity index (χ1v) is 7.03. The summed E-state index contributed by atoms with van der Waals surface area (Å²) in [6.07, 6.45) is 2.73. The molecule has 0 aromatic carbocycles. The van der Waals surface area contributed by atoms with Crippen LogP contribution in [0, 0.1) is 13.8 Å². The zero-order valence-corrected chi connectivity index (χ0v) is 11.9. The van der Waals surface area contributed by atoms with Crippen molar-refractivity contribution < 1.29 is 0 Å². The smallest absolute Gasteiger partial charge is 0.0547 e. The van der Waals surface area contributed by atoms with Gasteiger partial charge >= 0.3 is 0 Å². The Labute approximate surface area is 111 Å². The maximum Gasteiger partial charge on any atom is 0.0547 e. The van der Waals surface area contributed by atoms with Gasteiger partial charge in [0.05, 0.1) is 5.69 Å². The highest BCUT2D eigenvalue weighted by Gasteiger charge is 2.14. The molecule has 0 radical (unpaired) electrons. The van der Waals surface area contributed by atoms with E-state index in [-0.39, 0.29) is 0 Å². The number of rotatable bonds is 5. The van der Waals surface area contributed by atoms with E-state index in [1.165, 1.54) is 31.5 Å². The molecule has 18 heavy (non-hydrogen) atoms. The van der Waals surface area contributed by atoms with Crippen LogP contribution in [0.5, 0.6) is 0 Å². The summed E-state index contributed by atoms with van der Waals surface area (Å²) in [5.41, 5.74) is 3.56. The molecule has 1 aliphatic heterocycles. The quantitative estimate of drug-likeness (QED) is 0.865. The number of pyridine rings is 1. The third kappa shape index (κ3) is 4.07. The molecule has 0 spiro atoms. The van der Waals surface area contributed by atoms with E-state index in [0.29, 0.717) is 6.04 Å². The lowest BCUT2D eigenvalue weighted by atomic mass is 10.2. The van der Waals surface area contributed by atoms with Crippen LogP contribution in [0.15, 0.2) is 12.1 Å². The number of hydrogen-bond acceptors (Lipinski definition) is 3. The van der Waals surface area contributed by atoms with Gasteiger partial charge in [0.1, 0.15) is 0 Å². The molecule has 3 heteroatoms. The molecule has 1 atom stereocenters. The Morgan fingerprint density at radius 3 is 2.67 bits per heavy atom. The predicted molar refractivity (Wildman–Crippen MR) is 75.7 cm³/mol. The van der Waals surface area contributed by atoms with Gasteiger partial charge in [0.15, 0.2) is 0 Å². The summed E-state index contributed by atoms with van der Waals surface area (Å²) in [6.45, 7) is 11.0. The van der Waals surface area contributed by atoms with E-state index in [2.05, 4.69) is 48.1 Å². The fourth-order valence-corrected chi connectivity index (χ4v) is 2.71. The second-order valence-corrected chi connectivity index (χ2v) is 5.57. The molecule has 0 aliphatic carbocycles. The number of nitrogens with one attached hydrogen (secondary N) is 1. The van der Waals surface area contributed by atoms with Crippen LogP contribution in [0.1, 0.15) is 36.7 Å². The summed E-state index contributed by atoms with van der Waals surface area (Å²) in [4.78, 5) is 7.11. The van der Waals surface area contributed by atoms with Crippen molar-refractivity contribution in [1.82, 2.24) is 15.2 Å². The van der Waals surface area contributed by atoms with Crippen LogP contribution in [-0.4, -0.2) is 35.6 Å². The van der Waals surface area contributed by atoms with Crippen LogP contribution < -0.4 is 5.32 Å². The highest BCUT2D eigenvalue weighted by atomic mass is 15.2. The second-order valence-electron chi connectivity index (χ2n) is 5.57. The third-order valence-electron chi connectivity index (χ3n) is 3.51. The van der Waals surface area contributed by atoms with Crippen LogP contribution in [0.2, 0.25) is 0 Å². The Morgan fingerprint density at radius 1 is 1.28 bits per heavy atom. The van der Waals surface area contributed by atoms with Gasteiger partial charge in [-0.2, -0.15) is 0 Å². The maximum absolute atomic E-state index is 4.56. The number of hydrogen-bond donors (Lipinski definition) is 1. The second kappa shape index (κ2) is 6.30. The fraction of sp³-hybridized carbons (Fsp3) is 0.667. The number of nitrogens with zero attached hydrogens (tertiary/aromatic N) is 2. The van der Waals surface area contributed by atoms with E-state index in [4.69, 9.17) is 0 Å². The summed E-state index contributed by atoms with van der Waals surface area (Å²) in [5.74, 6) is 0. The molecular weight excluding hydrogens is 222 g/mol. The Balaban J connectivity index is 1.79. The number of aryl methyl sites for hydroxylation is 2. The molecule has 1 unspecified atom stereocenters. The normalized spacial score (nSPS) is 18.2. The van der Waals surface area contributed by atoms with Gasteiger partial charge in [0.25, 0.3) is 0 Å². The average Bonchev–Trinajstić information content (AvgIpc) is 2.78. The Kier molecular flexibility index (Phi) is 4.72. The van der Waals surface area contributed by atoms with Gasteiger partial charge in [-0.25, -0.2) is 0 Å². The molecule has 1 aliphatic rings. The first-order chi connectivity index (χ1) is 8.63. The molecule has 0 bridgehead atoms. The molecule has 0 saturated carbocycles. The minimum Gasteiger partial charge on any atom is -0.307 e. The lowest BCUT2D eigenvalue weighted by Crippen LogP contribution is -2.37. The van der Waals surface area contributed by atoms with Gasteiger partial charge in [-0.1, -0.05) is 0 Å². The Hall–Kier alpha value is -0.930. The Morgan fingerprint density at radius 2 is 2.00 bits per heavy atom. The van der Waals surface area contributed by atoms with Crippen molar-refractivity contribution in [2.24, 2.45) is 0 Å². The van der Waals surface area contributed by atoms with Crippen molar-refractivity contribution in [1.29, 1.82) is 0 Å². The van der Waals surface area contributed by atoms with Gasteiger partial charge in [0, 0.05) is 24.8 Å². The molecule has 0 amide bonds. The SMILES string of the molecule is Cc1cc(C)nc(CNC(C)CN2CCCC2)c1. The molecule has 3 nitrogen and oxygen atoms in total. The molecule has 1 N–H and O–H groups in total. The highest BCUT2D eigenvalue weighted by molar-refractivity contribution is 5.19. The number of aromatic nitrogens is 1. The zero-order chi connectivity index (χ0) is 13.0. The largest absolute Gasteiger partial charge is 0.307 e. The lowest BCUT2D eigenvalue weighted by molar-refractivity contribution is 0.298. The minimum absolute atomic E-state index is 0.533. The van der Waals surface area contributed by atoms with Crippen molar-refractivity contribution in [2.75, 3.05) is 19.6 Å². The van der Waals surface area contributed by atoms with E-state index < -0.39 is 0 Å². The minimum atomic E-state index is 0.533. The third-order valence-corrected chi connectivity index (χ3v) is 3.51. The lowest BCUT2D eigenvalue weighted by Gasteiger charge is -2.21. The monoisotopic (exact) mass is 247 g/mol.